The summed E-state index contributed by atoms with van der Waals surface area (Å²) in [6, 6.07) is 63.7. The highest BCUT2D eigenvalue weighted by Gasteiger charge is 2.35. The molecule has 7 aromatic rings. The zero-order chi connectivity index (χ0) is 31.1. The Bertz CT molecular complexity index is 2140. The molecule has 0 atom stereocenters. The number of benzene rings is 7. The number of fused-ring (bicyclic) bond motifs is 3. The summed E-state index contributed by atoms with van der Waals surface area (Å²) >= 11 is 0. The highest BCUT2D eigenvalue weighted by Crippen LogP contribution is 2.50. The Morgan fingerprint density at radius 3 is 1.57 bits per heavy atom. The molecule has 8 rings (SSSR count). The third-order valence-corrected chi connectivity index (χ3v) is 9.49. The van der Waals surface area contributed by atoms with Crippen LogP contribution in [0.4, 0.5) is 17.1 Å². The average molecular weight is 590 g/mol. The molecule has 0 fully saturated rings. The van der Waals surface area contributed by atoms with E-state index < -0.39 is 0 Å². The molecule has 0 radical (unpaired) electrons. The molecule has 0 saturated carbocycles. The fraction of sp³-hybridized carbons (Fsp3) is 0.0667. The largest absolute Gasteiger partial charge is 0.310 e. The lowest BCUT2D eigenvalue weighted by molar-refractivity contribution is 0.660. The number of nitrogens with zero attached hydrogens (tertiary/aromatic N) is 1. The molecular formula is C45H35N. The molecule has 0 bridgehead atoms. The minimum absolute atomic E-state index is 0.0221. The predicted molar refractivity (Wildman–Crippen MR) is 195 cm³/mol. The van der Waals surface area contributed by atoms with Crippen LogP contribution in [0.5, 0.6) is 0 Å². The number of anilines is 3. The van der Waals surface area contributed by atoms with Gasteiger partial charge in [-0.1, -0.05) is 147 Å². The molecule has 46 heavy (non-hydrogen) atoms. The minimum atomic E-state index is -0.0221. The van der Waals surface area contributed by atoms with Gasteiger partial charge in [-0.15, -0.1) is 0 Å². The van der Waals surface area contributed by atoms with Crippen LogP contribution in [-0.2, 0) is 5.41 Å². The zero-order valence-electron chi connectivity index (χ0n) is 26.2. The van der Waals surface area contributed by atoms with Crippen molar-refractivity contribution in [2.45, 2.75) is 19.3 Å². The summed E-state index contributed by atoms with van der Waals surface area (Å²) in [5.74, 6) is 0. The Balaban J connectivity index is 1.23. The van der Waals surface area contributed by atoms with Crippen LogP contribution in [-0.4, -0.2) is 0 Å². The third-order valence-electron chi connectivity index (χ3n) is 9.49. The molecular weight excluding hydrogens is 555 g/mol. The number of para-hydroxylation sites is 1. The first kappa shape index (κ1) is 27.9. The van der Waals surface area contributed by atoms with E-state index in [1.54, 1.807) is 0 Å². The second-order valence-electron chi connectivity index (χ2n) is 12.6. The van der Waals surface area contributed by atoms with Crippen LogP contribution in [0.15, 0.2) is 176 Å². The van der Waals surface area contributed by atoms with E-state index in [-0.39, 0.29) is 5.41 Å². The van der Waals surface area contributed by atoms with Gasteiger partial charge >= 0.3 is 0 Å². The van der Waals surface area contributed by atoms with Crippen LogP contribution in [0.3, 0.4) is 0 Å². The molecule has 0 heterocycles. The first-order valence-corrected chi connectivity index (χ1v) is 16.0. The smallest absolute Gasteiger partial charge is 0.0540 e. The maximum Gasteiger partial charge on any atom is 0.0540 e. The summed E-state index contributed by atoms with van der Waals surface area (Å²) in [5.41, 5.74) is 16.1. The van der Waals surface area contributed by atoms with Crippen LogP contribution in [0, 0.1) is 0 Å². The van der Waals surface area contributed by atoms with Gasteiger partial charge in [0, 0.05) is 22.4 Å². The number of hydrogen-bond donors (Lipinski definition) is 0. The van der Waals surface area contributed by atoms with E-state index in [0.29, 0.717) is 0 Å². The maximum absolute atomic E-state index is 2.40. The summed E-state index contributed by atoms with van der Waals surface area (Å²) < 4.78 is 0. The summed E-state index contributed by atoms with van der Waals surface area (Å²) in [6.45, 7) is 4.69. The van der Waals surface area contributed by atoms with Gasteiger partial charge in [0.2, 0.25) is 0 Å². The third kappa shape index (κ3) is 4.82. The van der Waals surface area contributed by atoms with Crippen molar-refractivity contribution in [1.82, 2.24) is 0 Å². The Kier molecular flexibility index (Phi) is 6.88. The molecule has 1 heteroatoms. The zero-order valence-corrected chi connectivity index (χ0v) is 26.2. The highest BCUT2D eigenvalue weighted by molar-refractivity contribution is 5.91. The Hall–Kier alpha value is -5.66. The Labute approximate surface area is 272 Å². The molecule has 0 aliphatic heterocycles. The van der Waals surface area contributed by atoms with Crippen LogP contribution in [0.25, 0.3) is 44.5 Å². The molecule has 0 saturated heterocycles. The molecule has 0 spiro atoms. The standard InChI is InChI=1S/C45H35N/c1-45(2)42-21-13-12-20-39(42)40-28-24-36(31-43(40)45)33-22-26-38(27-23-33)46(37-18-10-5-11-19-37)44-29-25-35(32-14-6-3-7-15-32)30-41(44)34-16-8-4-9-17-34/h3-31H,1-2H3. The fourth-order valence-electron chi connectivity index (χ4n) is 7.08. The van der Waals surface area contributed by atoms with Crippen molar-refractivity contribution < 1.29 is 0 Å². The molecule has 220 valence electrons. The van der Waals surface area contributed by atoms with E-state index in [0.717, 1.165) is 17.1 Å². The molecule has 0 N–H and O–H groups in total. The lowest BCUT2D eigenvalue weighted by Crippen LogP contribution is -2.14. The molecule has 1 aliphatic rings. The van der Waals surface area contributed by atoms with Crippen LogP contribution in [0.2, 0.25) is 0 Å². The van der Waals surface area contributed by atoms with Gasteiger partial charge in [-0.3, -0.25) is 0 Å². The molecule has 0 aromatic heterocycles. The summed E-state index contributed by atoms with van der Waals surface area (Å²) in [7, 11) is 0. The predicted octanol–water partition coefficient (Wildman–Crippen LogP) is 12.5. The van der Waals surface area contributed by atoms with E-state index in [1.165, 1.54) is 55.6 Å². The molecule has 1 nitrogen and oxygen atoms in total. The highest BCUT2D eigenvalue weighted by atomic mass is 15.1. The topological polar surface area (TPSA) is 3.24 Å². The van der Waals surface area contributed by atoms with Gasteiger partial charge in [0.05, 0.1) is 5.69 Å². The van der Waals surface area contributed by atoms with Crippen molar-refractivity contribution in [2.75, 3.05) is 4.90 Å². The average Bonchev–Trinajstić information content (AvgIpc) is 3.35. The lowest BCUT2D eigenvalue weighted by Gasteiger charge is -2.28. The Morgan fingerprint density at radius 1 is 0.348 bits per heavy atom. The van der Waals surface area contributed by atoms with Gasteiger partial charge in [0.1, 0.15) is 0 Å². The van der Waals surface area contributed by atoms with Crippen LogP contribution < -0.4 is 4.90 Å². The second-order valence-corrected chi connectivity index (χ2v) is 12.6. The summed E-state index contributed by atoms with van der Waals surface area (Å²) in [6.07, 6.45) is 0. The van der Waals surface area contributed by atoms with Crippen molar-refractivity contribution >= 4 is 17.1 Å². The van der Waals surface area contributed by atoms with E-state index in [4.69, 9.17) is 0 Å². The van der Waals surface area contributed by atoms with E-state index in [2.05, 4.69) is 195 Å². The first-order valence-electron chi connectivity index (χ1n) is 16.0. The quantitative estimate of drug-likeness (QED) is 0.186. The number of rotatable bonds is 6. The minimum Gasteiger partial charge on any atom is -0.310 e. The SMILES string of the molecule is CC1(C)c2ccccc2-c2ccc(-c3ccc(N(c4ccccc4)c4ccc(-c5ccccc5)cc4-c4ccccc4)cc3)cc21. The van der Waals surface area contributed by atoms with E-state index >= 15 is 0 Å². The molecule has 0 unspecified atom stereocenters. The van der Waals surface area contributed by atoms with Gasteiger partial charge in [0.15, 0.2) is 0 Å². The number of hydrogen-bond acceptors (Lipinski definition) is 1. The van der Waals surface area contributed by atoms with Crippen molar-refractivity contribution in [3.63, 3.8) is 0 Å². The van der Waals surface area contributed by atoms with Crippen molar-refractivity contribution in [3.8, 4) is 44.5 Å². The first-order chi connectivity index (χ1) is 22.6. The van der Waals surface area contributed by atoms with Crippen LogP contribution in [0.1, 0.15) is 25.0 Å². The Morgan fingerprint density at radius 2 is 0.848 bits per heavy atom. The van der Waals surface area contributed by atoms with Gasteiger partial charge in [-0.05, 0) is 92.5 Å². The van der Waals surface area contributed by atoms with Crippen molar-refractivity contribution in [1.29, 1.82) is 0 Å². The van der Waals surface area contributed by atoms with Crippen molar-refractivity contribution in [2.24, 2.45) is 0 Å². The van der Waals surface area contributed by atoms with E-state index in [1.807, 2.05) is 0 Å². The monoisotopic (exact) mass is 589 g/mol. The summed E-state index contributed by atoms with van der Waals surface area (Å²) in [4.78, 5) is 2.38. The summed E-state index contributed by atoms with van der Waals surface area (Å²) in [5, 5.41) is 0. The van der Waals surface area contributed by atoms with Gasteiger partial charge in [-0.25, -0.2) is 0 Å². The maximum atomic E-state index is 2.40. The van der Waals surface area contributed by atoms with Crippen LogP contribution >= 0.6 is 0 Å². The van der Waals surface area contributed by atoms with E-state index in [9.17, 15) is 0 Å². The van der Waals surface area contributed by atoms with Gasteiger partial charge in [0.25, 0.3) is 0 Å². The second kappa shape index (κ2) is 11.4. The lowest BCUT2D eigenvalue weighted by atomic mass is 9.81. The molecule has 7 aromatic carbocycles. The van der Waals surface area contributed by atoms with Gasteiger partial charge in [-0.2, -0.15) is 0 Å². The normalized spacial score (nSPS) is 12.7. The molecule has 1 aliphatic carbocycles. The molecule has 0 amide bonds. The van der Waals surface area contributed by atoms with Gasteiger partial charge < -0.3 is 4.90 Å². The fourth-order valence-corrected chi connectivity index (χ4v) is 7.08. The van der Waals surface area contributed by atoms with Crippen molar-refractivity contribution in [3.05, 3.63) is 187 Å².